The van der Waals surface area contributed by atoms with E-state index in [1.165, 1.54) is 6.07 Å². The van der Waals surface area contributed by atoms with E-state index in [0.717, 1.165) is 17.7 Å². The van der Waals surface area contributed by atoms with Gasteiger partial charge < -0.3 is 14.7 Å². The number of amides is 1. The number of fused-ring (bicyclic) bond motifs is 1. The van der Waals surface area contributed by atoms with Gasteiger partial charge in [-0.1, -0.05) is 5.16 Å². The predicted molar refractivity (Wildman–Crippen MR) is 84.5 cm³/mol. The van der Waals surface area contributed by atoms with Gasteiger partial charge in [0.15, 0.2) is 5.82 Å². The molecule has 0 bridgehead atoms. The highest BCUT2D eigenvalue weighted by Gasteiger charge is 2.29. The Kier molecular flexibility index (Phi) is 4.15. The van der Waals surface area contributed by atoms with Gasteiger partial charge >= 0.3 is 0 Å². The second-order valence-electron chi connectivity index (χ2n) is 5.71. The molecule has 1 aromatic carbocycles. The van der Waals surface area contributed by atoms with Crippen molar-refractivity contribution in [2.24, 2.45) is 0 Å². The predicted octanol–water partition coefficient (Wildman–Crippen LogP) is 1.22. The number of nitro benzene ring substituents is 1. The van der Waals surface area contributed by atoms with E-state index in [-0.39, 0.29) is 24.1 Å². The van der Waals surface area contributed by atoms with E-state index in [9.17, 15) is 14.9 Å². The van der Waals surface area contributed by atoms with Gasteiger partial charge in [0.05, 0.1) is 17.9 Å². The van der Waals surface area contributed by atoms with Crippen molar-refractivity contribution in [3.8, 4) is 0 Å². The number of benzene rings is 1. The van der Waals surface area contributed by atoms with Crippen LogP contribution < -0.4 is 10.2 Å². The topological polar surface area (TPSA) is 114 Å². The zero-order valence-electron chi connectivity index (χ0n) is 13.4. The summed E-state index contributed by atoms with van der Waals surface area (Å²) in [4.78, 5) is 28.1. The molecule has 1 aromatic heterocycles. The maximum atomic E-state index is 11.3. The molecule has 1 aliphatic heterocycles. The third-order valence-corrected chi connectivity index (χ3v) is 4.04. The summed E-state index contributed by atoms with van der Waals surface area (Å²) in [5.41, 5.74) is 1.95. The quantitative estimate of drug-likeness (QED) is 0.647. The van der Waals surface area contributed by atoms with Crippen molar-refractivity contribution in [1.82, 2.24) is 15.5 Å². The zero-order valence-corrected chi connectivity index (χ0v) is 13.4. The highest BCUT2D eigenvalue weighted by atomic mass is 16.6. The molecule has 2 aromatic rings. The summed E-state index contributed by atoms with van der Waals surface area (Å²) >= 11 is 0. The summed E-state index contributed by atoms with van der Waals surface area (Å²) in [5, 5.41) is 17.2. The molecule has 0 saturated carbocycles. The molecule has 24 heavy (non-hydrogen) atoms. The van der Waals surface area contributed by atoms with Gasteiger partial charge in [-0.05, 0) is 25.0 Å². The Labute approximate surface area is 137 Å². The van der Waals surface area contributed by atoms with Gasteiger partial charge in [0.1, 0.15) is 0 Å². The number of anilines is 1. The third-order valence-electron chi connectivity index (χ3n) is 4.04. The first kappa shape index (κ1) is 15.9. The summed E-state index contributed by atoms with van der Waals surface area (Å²) in [6.45, 7) is 2.43. The van der Waals surface area contributed by atoms with Crippen molar-refractivity contribution < 1.29 is 14.2 Å². The summed E-state index contributed by atoms with van der Waals surface area (Å²) in [6.07, 6.45) is 0.786. The van der Waals surface area contributed by atoms with Crippen LogP contribution in [-0.2, 0) is 24.2 Å². The molecule has 1 aliphatic rings. The van der Waals surface area contributed by atoms with E-state index in [2.05, 4.69) is 20.4 Å². The first-order valence-electron chi connectivity index (χ1n) is 7.54. The second kappa shape index (κ2) is 6.26. The van der Waals surface area contributed by atoms with Gasteiger partial charge in [-0.2, -0.15) is 4.98 Å². The Balaban J connectivity index is 1.77. The van der Waals surface area contributed by atoms with Crippen LogP contribution in [0.1, 0.15) is 24.2 Å². The van der Waals surface area contributed by atoms with Crippen LogP contribution in [0.4, 0.5) is 11.4 Å². The van der Waals surface area contributed by atoms with Crippen molar-refractivity contribution >= 4 is 17.3 Å². The number of nitrogens with one attached hydrogen (secondary N) is 1. The van der Waals surface area contributed by atoms with E-state index in [4.69, 9.17) is 4.52 Å². The Morgan fingerprint density at radius 2 is 2.33 bits per heavy atom. The number of hydrogen-bond donors (Lipinski definition) is 1. The third kappa shape index (κ3) is 3.05. The largest absolute Gasteiger partial charge is 0.359 e. The molecule has 9 heteroatoms. The number of nitrogens with zero attached hydrogens (tertiary/aromatic N) is 4. The lowest BCUT2D eigenvalue weighted by Gasteiger charge is -2.22. The molecule has 2 heterocycles. The molecular formula is C15H17N5O4. The molecule has 9 nitrogen and oxygen atoms in total. The summed E-state index contributed by atoms with van der Waals surface area (Å²) in [7, 11) is 1.55. The van der Waals surface area contributed by atoms with Crippen LogP contribution in [0.5, 0.6) is 0 Å². The van der Waals surface area contributed by atoms with Gasteiger partial charge in [-0.3, -0.25) is 14.9 Å². The van der Waals surface area contributed by atoms with Crippen molar-refractivity contribution in [2.75, 3.05) is 11.9 Å². The van der Waals surface area contributed by atoms with Crippen LogP contribution in [0.2, 0.25) is 0 Å². The molecule has 0 fully saturated rings. The second-order valence-corrected chi connectivity index (χ2v) is 5.71. The van der Waals surface area contributed by atoms with Crippen molar-refractivity contribution in [1.29, 1.82) is 0 Å². The Morgan fingerprint density at radius 3 is 3.04 bits per heavy atom. The molecule has 0 unspecified atom stereocenters. The van der Waals surface area contributed by atoms with Crippen LogP contribution in [-0.4, -0.2) is 34.1 Å². The highest BCUT2D eigenvalue weighted by Crippen LogP contribution is 2.35. The molecular weight excluding hydrogens is 314 g/mol. The maximum absolute atomic E-state index is 11.3. The fourth-order valence-corrected chi connectivity index (χ4v) is 2.84. The SMILES string of the molecule is CNC(=O)Cc1noc(CN2c3ccc([N+](=O)[O-])cc3C[C@H]2C)n1. The fraction of sp³-hybridized carbons (Fsp3) is 0.400. The molecule has 0 saturated heterocycles. The minimum absolute atomic E-state index is 0.0678. The van der Waals surface area contributed by atoms with E-state index in [1.54, 1.807) is 19.2 Å². The fourth-order valence-electron chi connectivity index (χ4n) is 2.84. The zero-order chi connectivity index (χ0) is 17.3. The molecule has 1 amide bonds. The number of aromatic nitrogens is 2. The number of nitro groups is 1. The van der Waals surface area contributed by atoms with E-state index >= 15 is 0 Å². The lowest BCUT2D eigenvalue weighted by atomic mass is 10.1. The molecule has 3 rings (SSSR count). The molecule has 126 valence electrons. The van der Waals surface area contributed by atoms with Gasteiger partial charge in [0.2, 0.25) is 11.8 Å². The molecule has 1 atom stereocenters. The summed E-state index contributed by atoms with van der Waals surface area (Å²) < 4.78 is 5.21. The number of carbonyl (C=O) groups excluding carboxylic acids is 1. The minimum atomic E-state index is -0.392. The monoisotopic (exact) mass is 331 g/mol. The number of likely N-dealkylation sites (N-methyl/N-ethyl adjacent to an activating group) is 1. The molecule has 0 radical (unpaired) electrons. The number of carbonyl (C=O) groups is 1. The smallest absolute Gasteiger partial charge is 0.269 e. The molecule has 1 N–H and O–H groups in total. The Hall–Kier alpha value is -2.97. The van der Waals surface area contributed by atoms with Crippen LogP contribution in [0.25, 0.3) is 0 Å². The lowest BCUT2D eigenvalue weighted by molar-refractivity contribution is -0.384. The Morgan fingerprint density at radius 1 is 1.54 bits per heavy atom. The Bertz CT molecular complexity index is 788. The van der Waals surface area contributed by atoms with E-state index in [0.29, 0.717) is 18.3 Å². The molecule has 0 aliphatic carbocycles. The van der Waals surface area contributed by atoms with E-state index in [1.807, 2.05) is 6.92 Å². The van der Waals surface area contributed by atoms with Crippen LogP contribution in [0.15, 0.2) is 22.7 Å². The van der Waals surface area contributed by atoms with Crippen molar-refractivity contribution in [3.05, 3.63) is 45.6 Å². The molecule has 0 spiro atoms. The highest BCUT2D eigenvalue weighted by molar-refractivity contribution is 5.77. The lowest BCUT2D eigenvalue weighted by Crippen LogP contribution is -2.28. The number of hydrogen-bond acceptors (Lipinski definition) is 7. The van der Waals surface area contributed by atoms with Gasteiger partial charge in [0.25, 0.3) is 5.69 Å². The van der Waals surface area contributed by atoms with Gasteiger partial charge in [-0.15, -0.1) is 0 Å². The first-order valence-corrected chi connectivity index (χ1v) is 7.54. The van der Waals surface area contributed by atoms with Crippen molar-refractivity contribution in [2.45, 2.75) is 32.4 Å². The first-order chi connectivity index (χ1) is 11.5. The van der Waals surface area contributed by atoms with Crippen LogP contribution in [0, 0.1) is 10.1 Å². The summed E-state index contributed by atoms with van der Waals surface area (Å²) in [5.74, 6) is 0.557. The van der Waals surface area contributed by atoms with E-state index < -0.39 is 4.92 Å². The average molecular weight is 331 g/mol. The number of rotatable bonds is 5. The minimum Gasteiger partial charge on any atom is -0.359 e. The van der Waals surface area contributed by atoms with Crippen molar-refractivity contribution in [3.63, 3.8) is 0 Å². The van der Waals surface area contributed by atoms with Gasteiger partial charge in [0, 0.05) is 30.9 Å². The number of non-ortho nitro benzene ring substituents is 1. The van der Waals surface area contributed by atoms with Gasteiger partial charge in [-0.25, -0.2) is 0 Å². The summed E-state index contributed by atoms with van der Waals surface area (Å²) in [6, 6.07) is 5.01. The maximum Gasteiger partial charge on any atom is 0.269 e. The average Bonchev–Trinajstić information content (AvgIpc) is 3.11. The van der Waals surface area contributed by atoms with Crippen LogP contribution in [0.3, 0.4) is 0 Å². The standard InChI is InChI=1S/C15H17N5O4/c1-9-5-10-6-11(20(22)23)3-4-12(10)19(9)8-15-17-13(18-24-15)7-14(21)16-2/h3-4,6,9H,5,7-8H2,1-2H3,(H,16,21)/t9-/m1/s1. The van der Waals surface area contributed by atoms with Crippen LogP contribution >= 0.6 is 0 Å². The normalized spacial score (nSPS) is 16.1.